The molecule has 0 radical (unpaired) electrons. The van der Waals surface area contributed by atoms with Crippen molar-refractivity contribution >= 4 is 86.0 Å². The first-order valence-electron chi connectivity index (χ1n) is 35.4. The van der Waals surface area contributed by atoms with E-state index in [1.54, 1.807) is 54.6 Å². The van der Waals surface area contributed by atoms with Crippen LogP contribution in [0.15, 0.2) is 103 Å². The standard InChI is InChI=1S/C16H29N3.C16H12O4.2C14H16O2.2C10H21N3/c1-13(2)17-16(18-14-9-5-3-6-10-14)19-15-11-7-4-8-12-15;1-9(16(18)19)10-6-7-14-12(8-10)15(17)11-4-2-3-5-13(11)20-14;2*1-3-10-5-4-6-11-9(2)7-8-12(13(10)11)14(15)16;2*1-7(2)11-10(12-8(3)4)13-9(5)6/h14-15H,3-12H2,1-2H3,(H,18,19);2-9H,1H3,(H,18,19);2*3,7-8H,4-6H2,1-2H3,(H,15,16);2*7-8H,1-6H3,(H,11,12)/b;;2*10-3+;;. The maximum Gasteiger partial charge on any atom is 0.384 e. The first-order valence-corrected chi connectivity index (χ1v) is 35.4. The van der Waals surface area contributed by atoms with Crippen LogP contribution in [0.3, 0.4) is 0 Å². The largest absolute Gasteiger partial charge is 0.550 e. The zero-order chi connectivity index (χ0) is 72.1. The first kappa shape index (κ1) is 81.1. The molecule has 6 N–H and O–H groups in total. The molecule has 5 aromatic rings. The fourth-order valence-corrected chi connectivity index (χ4v) is 12.2. The minimum absolute atomic E-state index is 0.158. The van der Waals surface area contributed by atoms with Crippen LogP contribution in [0.1, 0.15) is 273 Å². The molecule has 97 heavy (non-hydrogen) atoms. The Kier molecular flexibility index (Phi) is 34.3. The SMILES string of the molecule is C/C=C1\CCCc2c(C)ccc(C(=O)[O-])c21.C/C=C1\CCCc2c(C)ccc(C(=O)[O-])c21.CC(C(=O)[O-])c1ccc2oc3ccccc3c(=O)c2c1.CC(C)=NC(NC(C)C)=[NH+]C(C)C.CC(C)=NC(NC(C)C)=[NH+]C(C)C.CC(C)=NC(NC1CCCCC1)=[NH+]C1CCCCC1. The number of carboxylic acid groups (broad SMARTS) is 3. The topological polar surface area (TPSA) is 266 Å². The Labute approximate surface area is 578 Å². The summed E-state index contributed by atoms with van der Waals surface area (Å²) < 4.78 is 5.66. The van der Waals surface area contributed by atoms with Crippen molar-refractivity contribution in [2.75, 3.05) is 0 Å². The predicted octanol–water partition coefficient (Wildman–Crippen LogP) is 8.78. The number of aliphatic imine (C=N–C) groups is 3. The summed E-state index contributed by atoms with van der Waals surface area (Å²) >= 11 is 0. The van der Waals surface area contributed by atoms with Gasteiger partial charge in [0.15, 0.2) is 0 Å². The van der Waals surface area contributed by atoms with E-state index in [4.69, 9.17) is 4.42 Å². The second-order valence-electron chi connectivity index (χ2n) is 27.6. The van der Waals surface area contributed by atoms with Crippen LogP contribution in [0.4, 0.5) is 0 Å². The fraction of sp³-hybridized carbons (Fsp3) is 0.525. The maximum absolute atomic E-state index is 12.4. The third kappa shape index (κ3) is 27.2. The molecule has 2 fully saturated rings. The normalized spacial score (nSPS) is 16.1. The van der Waals surface area contributed by atoms with Gasteiger partial charge < -0.3 is 34.1 Å². The van der Waals surface area contributed by atoms with E-state index in [1.165, 1.54) is 93.4 Å². The van der Waals surface area contributed by atoms with E-state index in [2.05, 4.69) is 115 Å². The lowest BCUT2D eigenvalue weighted by Crippen LogP contribution is -2.82. The van der Waals surface area contributed by atoms with Gasteiger partial charge in [-0.25, -0.2) is 0 Å². The van der Waals surface area contributed by atoms with Gasteiger partial charge in [-0.05, 0) is 263 Å². The van der Waals surface area contributed by atoms with Crippen molar-refractivity contribution < 1.29 is 49.1 Å². The van der Waals surface area contributed by atoms with Gasteiger partial charge in [0.05, 0.1) is 76.1 Å². The molecule has 0 saturated heterocycles. The lowest BCUT2D eigenvalue weighted by atomic mass is 9.82. The zero-order valence-corrected chi connectivity index (χ0v) is 62.0. The number of hydrogen-bond donors (Lipinski definition) is 6. The summed E-state index contributed by atoms with van der Waals surface area (Å²) in [5.41, 5.74) is 14.1. The van der Waals surface area contributed by atoms with Crippen LogP contribution in [0.2, 0.25) is 0 Å². The van der Waals surface area contributed by atoms with Crippen molar-refractivity contribution in [3.8, 4) is 0 Å². The highest BCUT2D eigenvalue weighted by atomic mass is 16.4. The number of aliphatic carboxylic acids is 1. The molecule has 17 heteroatoms. The van der Waals surface area contributed by atoms with E-state index >= 15 is 0 Å². The van der Waals surface area contributed by atoms with Gasteiger partial charge in [0.25, 0.3) is 0 Å². The third-order valence-corrected chi connectivity index (χ3v) is 16.7. The van der Waals surface area contributed by atoms with E-state index < -0.39 is 23.8 Å². The van der Waals surface area contributed by atoms with Crippen LogP contribution in [-0.2, 0) is 17.6 Å². The van der Waals surface area contributed by atoms with E-state index in [0.29, 0.717) is 74.9 Å². The summed E-state index contributed by atoms with van der Waals surface area (Å²) in [6, 6.07) is 21.8. The Bertz CT molecular complexity index is 3610. The number of benzene rings is 4. The Hall–Kier alpha value is -8.34. The third-order valence-electron chi connectivity index (χ3n) is 16.7. The van der Waals surface area contributed by atoms with Crippen molar-refractivity contribution in [1.29, 1.82) is 0 Å². The van der Waals surface area contributed by atoms with Crippen LogP contribution in [0.25, 0.3) is 33.1 Å². The highest BCUT2D eigenvalue weighted by molar-refractivity contribution is 5.97. The molecule has 4 aromatic carbocycles. The summed E-state index contributed by atoms with van der Waals surface area (Å²) in [6.45, 7) is 38.4. The molecule has 1 atom stereocenters. The number of rotatable bonds is 10. The van der Waals surface area contributed by atoms with Gasteiger partial charge in [0.1, 0.15) is 11.2 Å². The monoisotopic (exact) mass is 1330 g/mol. The minimum Gasteiger partial charge on any atom is -0.550 e. The molecule has 0 aliphatic heterocycles. The van der Waals surface area contributed by atoms with E-state index in [-0.39, 0.29) is 5.43 Å². The fourth-order valence-electron chi connectivity index (χ4n) is 12.2. The second-order valence-corrected chi connectivity index (χ2v) is 27.6. The van der Waals surface area contributed by atoms with Crippen molar-refractivity contribution in [3.63, 3.8) is 0 Å². The number of para-hydroxylation sites is 1. The molecule has 0 amide bonds. The average molecular weight is 1330 g/mol. The number of carbonyl (C=O) groups is 3. The molecule has 4 aliphatic carbocycles. The number of carbonyl (C=O) groups excluding carboxylic acids is 3. The summed E-state index contributed by atoms with van der Waals surface area (Å²) in [5.74, 6) is -1.33. The lowest BCUT2D eigenvalue weighted by molar-refractivity contribution is -0.510. The molecule has 4 aliphatic rings. The quantitative estimate of drug-likeness (QED) is 0.0437. The molecular weight excluding hydrogens is 1210 g/mol. The van der Waals surface area contributed by atoms with Crippen LogP contribution in [0, 0.1) is 13.8 Å². The smallest absolute Gasteiger partial charge is 0.384 e. The van der Waals surface area contributed by atoms with Crippen molar-refractivity contribution in [2.45, 2.75) is 276 Å². The number of allylic oxidation sites excluding steroid dienone is 4. The number of guanidine groups is 3. The minimum atomic E-state index is -1.17. The van der Waals surface area contributed by atoms with Gasteiger partial charge >= 0.3 is 17.9 Å². The van der Waals surface area contributed by atoms with Crippen molar-refractivity contribution in [3.05, 3.63) is 139 Å². The zero-order valence-electron chi connectivity index (χ0n) is 62.0. The van der Waals surface area contributed by atoms with Gasteiger partial charge in [0, 0.05) is 23.0 Å². The number of nitrogens with one attached hydrogen (secondary N) is 6. The Morgan fingerprint density at radius 2 is 0.969 bits per heavy atom. The highest BCUT2D eigenvalue weighted by Gasteiger charge is 2.24. The van der Waals surface area contributed by atoms with E-state index in [1.807, 2.05) is 79.7 Å². The predicted molar refractivity (Wildman–Crippen MR) is 396 cm³/mol. The molecule has 2 saturated carbocycles. The number of aryl methyl sites for hydroxylation is 2. The molecular formula is C80H115N9O8. The van der Waals surface area contributed by atoms with Gasteiger partial charge in [0.2, 0.25) is 5.43 Å². The second kappa shape index (κ2) is 41.0. The number of nitrogens with zero attached hydrogens (tertiary/aromatic N) is 3. The maximum atomic E-state index is 12.4. The van der Waals surface area contributed by atoms with Crippen LogP contribution < -0.4 is 51.7 Å². The van der Waals surface area contributed by atoms with Crippen LogP contribution in [0.5, 0.6) is 0 Å². The number of carboxylic acids is 3. The van der Waals surface area contributed by atoms with E-state index in [9.17, 15) is 34.5 Å². The Morgan fingerprint density at radius 1 is 0.536 bits per heavy atom. The molecule has 9 rings (SSSR count). The molecule has 0 spiro atoms. The van der Waals surface area contributed by atoms with Crippen molar-refractivity contribution in [1.82, 2.24) is 16.0 Å². The number of aromatic carboxylic acids is 2. The van der Waals surface area contributed by atoms with Gasteiger partial charge in [-0.3, -0.25) is 35.7 Å². The molecule has 1 aromatic heterocycles. The Balaban J connectivity index is 0.000000250. The summed E-state index contributed by atoms with van der Waals surface area (Å²) in [5, 5.41) is 44.2. The summed E-state index contributed by atoms with van der Waals surface area (Å²) in [6.07, 6.45) is 23.6. The van der Waals surface area contributed by atoms with Crippen molar-refractivity contribution in [2.24, 2.45) is 15.0 Å². The molecule has 1 heterocycles. The first-order chi connectivity index (χ1) is 45.9. The van der Waals surface area contributed by atoms with Crippen LogP contribution in [-0.4, -0.2) is 89.2 Å². The molecule has 1 unspecified atom stereocenters. The highest BCUT2D eigenvalue weighted by Crippen LogP contribution is 2.36. The Morgan fingerprint density at radius 3 is 1.38 bits per heavy atom. The van der Waals surface area contributed by atoms with Crippen LogP contribution >= 0.6 is 0 Å². The summed E-state index contributed by atoms with van der Waals surface area (Å²) in [7, 11) is 0. The van der Waals surface area contributed by atoms with Gasteiger partial charge in [-0.15, -0.1) is 0 Å². The number of hydrogen-bond acceptors (Lipinski definition) is 8. The average Bonchev–Trinajstić information content (AvgIpc) is 0.798. The van der Waals surface area contributed by atoms with E-state index in [0.717, 1.165) is 95.8 Å². The summed E-state index contributed by atoms with van der Waals surface area (Å²) in [4.78, 5) is 69.1. The van der Waals surface area contributed by atoms with Gasteiger partial charge in [-0.1, -0.05) is 115 Å². The van der Waals surface area contributed by atoms with Gasteiger partial charge in [-0.2, -0.15) is 0 Å². The molecule has 528 valence electrons. The number of fused-ring (bicyclic) bond motifs is 4. The molecule has 17 nitrogen and oxygen atoms in total. The lowest BCUT2D eigenvalue weighted by Gasteiger charge is -2.24. The molecule has 0 bridgehead atoms.